The van der Waals surface area contributed by atoms with Crippen LogP contribution in [0.1, 0.15) is 11.1 Å². The van der Waals surface area contributed by atoms with Crippen LogP contribution in [-0.4, -0.2) is 18.6 Å². The number of rotatable bonds is 5. The Morgan fingerprint density at radius 1 is 1.16 bits per heavy atom. The van der Waals surface area contributed by atoms with Gasteiger partial charge in [0.05, 0.1) is 0 Å². The molecule has 0 fully saturated rings. The maximum Gasteiger partial charge on any atom is 0.0405 e. The highest BCUT2D eigenvalue weighted by Gasteiger charge is 2.07. The van der Waals surface area contributed by atoms with Gasteiger partial charge >= 0.3 is 0 Å². The Morgan fingerprint density at radius 2 is 1.89 bits per heavy atom. The van der Waals surface area contributed by atoms with Crippen LogP contribution in [0.5, 0.6) is 0 Å². The van der Waals surface area contributed by atoms with Gasteiger partial charge in [0.15, 0.2) is 0 Å². The minimum Gasteiger partial charge on any atom is -0.374 e. The smallest absolute Gasteiger partial charge is 0.0405 e. The third-order valence-corrected chi connectivity index (χ3v) is 4.18. The summed E-state index contributed by atoms with van der Waals surface area (Å²) in [5.41, 5.74) is 3.89. The van der Waals surface area contributed by atoms with E-state index in [1.54, 1.807) is 0 Å². The molecule has 0 atom stereocenters. The minimum atomic E-state index is 0.862. The number of benzene rings is 1. The third kappa shape index (κ3) is 4.05. The molecule has 2 aromatic rings. The van der Waals surface area contributed by atoms with E-state index in [0.29, 0.717) is 0 Å². The summed E-state index contributed by atoms with van der Waals surface area (Å²) in [5.74, 6) is 0. The highest BCUT2D eigenvalue weighted by atomic mass is 79.9. The van der Waals surface area contributed by atoms with E-state index in [4.69, 9.17) is 0 Å². The second kappa shape index (κ2) is 7.06. The monoisotopic (exact) mass is 382 g/mol. The van der Waals surface area contributed by atoms with Crippen LogP contribution in [0.2, 0.25) is 0 Å². The second-order valence-corrected chi connectivity index (χ2v) is 5.91. The predicted molar refractivity (Wildman–Crippen MR) is 88.0 cm³/mol. The van der Waals surface area contributed by atoms with Crippen LogP contribution in [0.15, 0.2) is 47.2 Å². The Labute approximate surface area is 131 Å². The molecule has 0 N–H and O–H groups in total. The first kappa shape index (κ1) is 14.5. The van der Waals surface area contributed by atoms with Gasteiger partial charge in [-0.25, -0.2) is 0 Å². The number of aromatic nitrogens is 1. The molecule has 0 saturated carbocycles. The second-order valence-electron chi connectivity index (χ2n) is 4.43. The van der Waals surface area contributed by atoms with Gasteiger partial charge in [0.25, 0.3) is 0 Å². The Morgan fingerprint density at radius 3 is 2.58 bits per heavy atom. The molecule has 0 radical (unpaired) electrons. The van der Waals surface area contributed by atoms with Crippen molar-refractivity contribution in [2.24, 2.45) is 0 Å². The van der Waals surface area contributed by atoms with Gasteiger partial charge in [-0.15, -0.1) is 0 Å². The number of alkyl halides is 1. The third-order valence-electron chi connectivity index (χ3n) is 3.08. The molecule has 0 aliphatic heterocycles. The Balaban J connectivity index is 2.05. The van der Waals surface area contributed by atoms with E-state index >= 15 is 0 Å². The van der Waals surface area contributed by atoms with E-state index in [1.165, 1.54) is 16.8 Å². The van der Waals surface area contributed by atoms with Gasteiger partial charge in [-0.05, 0) is 47.9 Å². The molecular weight excluding hydrogens is 368 g/mol. The van der Waals surface area contributed by atoms with Crippen LogP contribution in [-0.2, 0) is 11.8 Å². The average Bonchev–Trinajstić information content (AvgIpc) is 2.45. The zero-order chi connectivity index (χ0) is 13.7. The van der Waals surface area contributed by atoms with Crippen LogP contribution in [0.4, 0.5) is 5.69 Å². The first-order valence-electron chi connectivity index (χ1n) is 6.15. The number of nitrogens with zero attached hydrogens (tertiary/aromatic N) is 2. The lowest BCUT2D eigenvalue weighted by atomic mass is 10.1. The highest BCUT2D eigenvalue weighted by Crippen LogP contribution is 2.26. The van der Waals surface area contributed by atoms with Crippen molar-refractivity contribution in [3.8, 4) is 0 Å². The van der Waals surface area contributed by atoms with E-state index in [0.717, 1.165) is 22.8 Å². The van der Waals surface area contributed by atoms with Crippen molar-refractivity contribution >= 4 is 37.5 Å². The maximum atomic E-state index is 4.04. The molecule has 1 aromatic heterocycles. The number of hydrogen-bond acceptors (Lipinski definition) is 2. The largest absolute Gasteiger partial charge is 0.374 e. The van der Waals surface area contributed by atoms with Crippen molar-refractivity contribution < 1.29 is 0 Å². The van der Waals surface area contributed by atoms with E-state index < -0.39 is 0 Å². The molecule has 100 valence electrons. The molecule has 0 aliphatic rings. The molecule has 0 saturated heterocycles. The first-order valence-corrected chi connectivity index (χ1v) is 8.06. The molecule has 0 spiro atoms. The SMILES string of the molecule is CN(CCc1ccncc1)c1ccc(Br)cc1CBr. The summed E-state index contributed by atoms with van der Waals surface area (Å²) in [7, 11) is 2.14. The van der Waals surface area contributed by atoms with Crippen LogP contribution < -0.4 is 4.90 Å². The van der Waals surface area contributed by atoms with Gasteiger partial charge in [-0.1, -0.05) is 31.9 Å². The molecule has 1 heterocycles. The van der Waals surface area contributed by atoms with Crippen LogP contribution in [0.25, 0.3) is 0 Å². The summed E-state index contributed by atoms with van der Waals surface area (Å²) in [6.07, 6.45) is 4.72. The first-order chi connectivity index (χ1) is 9.20. The van der Waals surface area contributed by atoms with Crippen molar-refractivity contribution in [2.45, 2.75) is 11.8 Å². The Kier molecular flexibility index (Phi) is 5.40. The lowest BCUT2D eigenvalue weighted by molar-refractivity contribution is 0.870. The fourth-order valence-corrected chi connectivity index (χ4v) is 2.86. The normalized spacial score (nSPS) is 10.5. The van der Waals surface area contributed by atoms with E-state index in [9.17, 15) is 0 Å². The van der Waals surface area contributed by atoms with Crippen LogP contribution in [0.3, 0.4) is 0 Å². The van der Waals surface area contributed by atoms with Crippen molar-refractivity contribution in [3.63, 3.8) is 0 Å². The average molecular weight is 384 g/mol. The summed E-state index contributed by atoms with van der Waals surface area (Å²) >= 11 is 7.07. The van der Waals surface area contributed by atoms with E-state index in [-0.39, 0.29) is 0 Å². The van der Waals surface area contributed by atoms with Gasteiger partial charge < -0.3 is 4.90 Å². The predicted octanol–water partition coefficient (Wildman–Crippen LogP) is 4.42. The van der Waals surface area contributed by atoms with Crippen molar-refractivity contribution in [1.29, 1.82) is 0 Å². The highest BCUT2D eigenvalue weighted by molar-refractivity contribution is 9.10. The standard InChI is InChI=1S/C15H16Br2N2/c1-19(9-6-12-4-7-18-8-5-12)15-3-2-14(17)10-13(15)11-16/h2-5,7-8,10H,6,9,11H2,1H3. The lowest BCUT2D eigenvalue weighted by Gasteiger charge is -2.22. The fraction of sp³-hybridized carbons (Fsp3) is 0.267. The van der Waals surface area contributed by atoms with Gasteiger partial charge in [0.2, 0.25) is 0 Å². The molecule has 0 unspecified atom stereocenters. The molecule has 2 nitrogen and oxygen atoms in total. The van der Waals surface area contributed by atoms with Crippen LogP contribution >= 0.6 is 31.9 Å². The number of likely N-dealkylation sites (N-methyl/N-ethyl adjacent to an activating group) is 1. The molecule has 0 bridgehead atoms. The maximum absolute atomic E-state index is 4.04. The Bertz CT molecular complexity index is 529. The minimum absolute atomic E-state index is 0.862. The number of hydrogen-bond donors (Lipinski definition) is 0. The summed E-state index contributed by atoms with van der Waals surface area (Å²) in [4.78, 5) is 6.34. The lowest BCUT2D eigenvalue weighted by Crippen LogP contribution is -2.21. The van der Waals surface area contributed by atoms with Gasteiger partial charge in [0, 0.05) is 41.5 Å². The summed E-state index contributed by atoms with van der Waals surface area (Å²) in [6.45, 7) is 0.992. The summed E-state index contributed by atoms with van der Waals surface area (Å²) in [5, 5.41) is 0.862. The molecule has 4 heteroatoms. The molecular formula is C15H16Br2N2. The molecule has 2 rings (SSSR count). The van der Waals surface area contributed by atoms with Gasteiger partial charge in [-0.2, -0.15) is 0 Å². The fourth-order valence-electron chi connectivity index (χ4n) is 2.00. The molecule has 0 amide bonds. The van der Waals surface area contributed by atoms with Crippen molar-refractivity contribution in [2.75, 3.05) is 18.5 Å². The zero-order valence-electron chi connectivity index (χ0n) is 10.8. The molecule has 19 heavy (non-hydrogen) atoms. The Hall–Kier alpha value is -0.870. The number of anilines is 1. The summed E-state index contributed by atoms with van der Waals surface area (Å²) < 4.78 is 1.12. The summed E-state index contributed by atoms with van der Waals surface area (Å²) in [6, 6.07) is 10.5. The molecule has 1 aromatic carbocycles. The quantitative estimate of drug-likeness (QED) is 0.710. The van der Waals surface area contributed by atoms with E-state index in [1.807, 2.05) is 12.4 Å². The molecule has 0 aliphatic carbocycles. The number of halogens is 2. The van der Waals surface area contributed by atoms with Gasteiger partial charge in [-0.3, -0.25) is 4.98 Å². The van der Waals surface area contributed by atoms with Crippen LogP contribution in [0, 0.1) is 0 Å². The van der Waals surface area contributed by atoms with E-state index in [2.05, 4.69) is 79.1 Å². The van der Waals surface area contributed by atoms with Crippen molar-refractivity contribution in [1.82, 2.24) is 4.98 Å². The zero-order valence-corrected chi connectivity index (χ0v) is 14.0. The van der Waals surface area contributed by atoms with Crippen molar-refractivity contribution in [3.05, 3.63) is 58.3 Å². The number of pyridine rings is 1. The topological polar surface area (TPSA) is 16.1 Å². The van der Waals surface area contributed by atoms with Gasteiger partial charge in [0.1, 0.15) is 0 Å².